The number of aromatic amines is 1. The molecule has 0 atom stereocenters. The average Bonchev–Trinajstić information content (AvgIpc) is 2.93. The van der Waals surface area contributed by atoms with Crippen molar-refractivity contribution in [2.45, 2.75) is 47.0 Å². The van der Waals surface area contributed by atoms with Crippen molar-refractivity contribution < 1.29 is 18.0 Å². The molecule has 0 aliphatic carbocycles. The van der Waals surface area contributed by atoms with Gasteiger partial charge in [0.15, 0.2) is 0 Å². The number of carbonyl (C=O) groups is 1. The van der Waals surface area contributed by atoms with E-state index in [9.17, 15) is 22.8 Å². The summed E-state index contributed by atoms with van der Waals surface area (Å²) in [5.74, 6) is -0.336. The molecular formula is C23H24F3N3O2. The van der Waals surface area contributed by atoms with Gasteiger partial charge in [-0.15, -0.1) is 0 Å². The third kappa shape index (κ3) is 4.90. The van der Waals surface area contributed by atoms with Crippen LogP contribution in [0.15, 0.2) is 41.3 Å². The Morgan fingerprint density at radius 1 is 1.10 bits per heavy atom. The van der Waals surface area contributed by atoms with E-state index in [0.717, 1.165) is 23.4 Å². The van der Waals surface area contributed by atoms with Crippen molar-refractivity contribution in [2.24, 2.45) is 0 Å². The third-order valence-electron chi connectivity index (χ3n) is 5.29. The number of H-pyrrole nitrogens is 1. The zero-order valence-electron chi connectivity index (χ0n) is 17.8. The van der Waals surface area contributed by atoms with Gasteiger partial charge in [0.25, 0.3) is 11.5 Å². The minimum atomic E-state index is -4.41. The summed E-state index contributed by atoms with van der Waals surface area (Å²) in [5.41, 5.74) is 3.36. The maximum absolute atomic E-state index is 13.0. The van der Waals surface area contributed by atoms with Gasteiger partial charge in [-0.3, -0.25) is 9.59 Å². The van der Waals surface area contributed by atoms with Gasteiger partial charge in [0.2, 0.25) is 0 Å². The largest absolute Gasteiger partial charge is 0.416 e. The molecule has 0 aliphatic rings. The number of alkyl halides is 3. The third-order valence-corrected chi connectivity index (χ3v) is 5.29. The van der Waals surface area contributed by atoms with Crippen LogP contribution >= 0.6 is 0 Å². The minimum absolute atomic E-state index is 0.0813. The number of pyridine rings is 1. The van der Waals surface area contributed by atoms with E-state index < -0.39 is 11.7 Å². The fraction of sp³-hybridized carbons (Fsp3) is 0.304. The fourth-order valence-corrected chi connectivity index (χ4v) is 3.73. The fourth-order valence-electron chi connectivity index (χ4n) is 3.73. The smallest absolute Gasteiger partial charge is 0.348 e. The molecule has 0 saturated heterocycles. The number of nitrogens with zero attached hydrogens (tertiary/aromatic N) is 1. The Labute approximate surface area is 177 Å². The van der Waals surface area contributed by atoms with Crippen LogP contribution in [0.1, 0.15) is 49.6 Å². The van der Waals surface area contributed by atoms with E-state index in [4.69, 9.17) is 0 Å². The highest BCUT2D eigenvalue weighted by atomic mass is 19.4. The molecule has 3 rings (SSSR count). The molecule has 5 nitrogen and oxygen atoms in total. The number of hydrogen-bond donors (Lipinski definition) is 2. The molecule has 0 fully saturated rings. The van der Waals surface area contributed by atoms with Crippen LogP contribution in [0, 0.1) is 27.7 Å². The summed E-state index contributed by atoms with van der Waals surface area (Å²) in [5, 5.41) is 2.78. The second-order valence-electron chi connectivity index (χ2n) is 7.72. The average molecular weight is 431 g/mol. The first-order valence-electron chi connectivity index (χ1n) is 9.77. The summed E-state index contributed by atoms with van der Waals surface area (Å²) in [6.45, 7) is 7.41. The minimum Gasteiger partial charge on any atom is -0.348 e. The Morgan fingerprint density at radius 2 is 1.81 bits per heavy atom. The molecule has 0 bridgehead atoms. The first-order valence-corrected chi connectivity index (χ1v) is 9.77. The topological polar surface area (TPSA) is 66.9 Å². The van der Waals surface area contributed by atoms with Crippen molar-refractivity contribution in [2.75, 3.05) is 0 Å². The molecule has 2 heterocycles. The lowest BCUT2D eigenvalue weighted by atomic mass is 10.1. The van der Waals surface area contributed by atoms with Crippen LogP contribution in [0.5, 0.6) is 0 Å². The second-order valence-corrected chi connectivity index (χ2v) is 7.72. The monoisotopic (exact) mass is 431 g/mol. The van der Waals surface area contributed by atoms with Gasteiger partial charge in [-0.25, -0.2) is 0 Å². The molecule has 31 heavy (non-hydrogen) atoms. The van der Waals surface area contributed by atoms with Crippen LogP contribution in [0.4, 0.5) is 13.2 Å². The number of carbonyl (C=O) groups excluding carboxylic acids is 1. The van der Waals surface area contributed by atoms with Crippen LogP contribution in [0.3, 0.4) is 0 Å². The first kappa shape index (κ1) is 22.4. The Bertz CT molecular complexity index is 1190. The van der Waals surface area contributed by atoms with Gasteiger partial charge in [0.1, 0.15) is 0 Å². The Kier molecular flexibility index (Phi) is 6.10. The van der Waals surface area contributed by atoms with Gasteiger partial charge in [0.05, 0.1) is 11.1 Å². The molecule has 0 aliphatic heterocycles. The lowest BCUT2D eigenvalue weighted by Crippen LogP contribution is -2.28. The molecule has 2 aromatic heterocycles. The highest BCUT2D eigenvalue weighted by Gasteiger charge is 2.30. The molecule has 1 amide bonds. The number of benzene rings is 1. The number of aromatic nitrogens is 2. The summed E-state index contributed by atoms with van der Waals surface area (Å²) < 4.78 is 40.7. The van der Waals surface area contributed by atoms with Crippen LogP contribution < -0.4 is 10.9 Å². The zero-order valence-corrected chi connectivity index (χ0v) is 17.8. The number of rotatable bonds is 5. The maximum Gasteiger partial charge on any atom is 0.416 e. The van der Waals surface area contributed by atoms with Crippen molar-refractivity contribution in [3.05, 3.63) is 91.7 Å². The van der Waals surface area contributed by atoms with Gasteiger partial charge < -0.3 is 14.9 Å². The molecular weight excluding hydrogens is 407 g/mol. The van der Waals surface area contributed by atoms with Crippen molar-refractivity contribution in [1.29, 1.82) is 0 Å². The first-order chi connectivity index (χ1) is 14.5. The summed E-state index contributed by atoms with van der Waals surface area (Å²) >= 11 is 0. The summed E-state index contributed by atoms with van der Waals surface area (Å²) in [6, 6.07) is 6.98. The van der Waals surface area contributed by atoms with E-state index in [1.807, 2.05) is 13.0 Å². The van der Waals surface area contributed by atoms with Gasteiger partial charge in [-0.1, -0.05) is 12.1 Å². The van der Waals surface area contributed by atoms with Gasteiger partial charge >= 0.3 is 6.18 Å². The van der Waals surface area contributed by atoms with Crippen molar-refractivity contribution in [3.63, 3.8) is 0 Å². The quantitative estimate of drug-likeness (QED) is 0.629. The molecule has 3 aromatic rings. The number of amides is 1. The Hall–Kier alpha value is -3.29. The van der Waals surface area contributed by atoms with E-state index >= 15 is 0 Å². The highest BCUT2D eigenvalue weighted by molar-refractivity contribution is 5.96. The van der Waals surface area contributed by atoms with E-state index in [0.29, 0.717) is 27.9 Å². The van der Waals surface area contributed by atoms with Crippen molar-refractivity contribution in [3.8, 4) is 0 Å². The standard InChI is InChI=1S/C23H24F3N3O2/c1-13-8-15(3)28-21(30)19(13)10-27-22(31)20-14(2)11-29(16(20)4)12-17-6-5-7-18(9-17)23(24,25)26/h5-9,11H,10,12H2,1-4H3,(H,27,31)(H,28,30). The normalized spacial score (nSPS) is 11.6. The van der Waals surface area contributed by atoms with Crippen LogP contribution in [0.2, 0.25) is 0 Å². The lowest BCUT2D eigenvalue weighted by molar-refractivity contribution is -0.137. The zero-order chi connectivity index (χ0) is 22.9. The molecule has 164 valence electrons. The van der Waals surface area contributed by atoms with E-state index in [1.165, 1.54) is 6.07 Å². The van der Waals surface area contributed by atoms with Gasteiger partial charge in [-0.05, 0) is 62.6 Å². The highest BCUT2D eigenvalue weighted by Crippen LogP contribution is 2.30. The van der Waals surface area contributed by atoms with Crippen molar-refractivity contribution in [1.82, 2.24) is 14.9 Å². The summed E-state index contributed by atoms with van der Waals surface area (Å²) in [6.07, 6.45) is -2.66. The summed E-state index contributed by atoms with van der Waals surface area (Å²) in [7, 11) is 0. The Morgan fingerprint density at radius 3 is 2.45 bits per heavy atom. The SMILES string of the molecule is Cc1cc(C)c(CNC(=O)c2c(C)cn(Cc3cccc(C(F)(F)F)c3)c2C)c(=O)[nH]1. The molecule has 8 heteroatoms. The Balaban J connectivity index is 1.80. The molecule has 0 saturated carbocycles. The van der Waals surface area contributed by atoms with Crippen LogP contribution in [0.25, 0.3) is 0 Å². The molecule has 2 N–H and O–H groups in total. The predicted octanol–water partition coefficient (Wildman–Crippen LogP) is 4.41. The number of aryl methyl sites for hydroxylation is 3. The van der Waals surface area contributed by atoms with E-state index in [2.05, 4.69) is 10.3 Å². The van der Waals surface area contributed by atoms with Crippen molar-refractivity contribution >= 4 is 5.91 Å². The number of hydrogen-bond acceptors (Lipinski definition) is 2. The number of halogens is 3. The van der Waals surface area contributed by atoms with Crippen LogP contribution in [-0.2, 0) is 19.3 Å². The second kappa shape index (κ2) is 8.45. The van der Waals surface area contributed by atoms with Gasteiger partial charge in [0, 0.05) is 36.2 Å². The van der Waals surface area contributed by atoms with E-state index in [-0.39, 0.29) is 24.6 Å². The number of nitrogens with one attached hydrogen (secondary N) is 2. The van der Waals surface area contributed by atoms with E-state index in [1.54, 1.807) is 37.6 Å². The van der Waals surface area contributed by atoms with Gasteiger partial charge in [-0.2, -0.15) is 13.2 Å². The molecule has 0 radical (unpaired) electrons. The molecule has 1 aromatic carbocycles. The maximum atomic E-state index is 13.0. The van der Waals surface area contributed by atoms with Crippen LogP contribution in [-0.4, -0.2) is 15.5 Å². The molecule has 0 unspecified atom stereocenters. The lowest BCUT2D eigenvalue weighted by Gasteiger charge is -2.11. The predicted molar refractivity (Wildman–Crippen MR) is 112 cm³/mol. The summed E-state index contributed by atoms with van der Waals surface area (Å²) in [4.78, 5) is 27.7. The molecule has 0 spiro atoms.